The number of hydrogen-bond acceptors (Lipinski definition) is 1. The second kappa shape index (κ2) is 3.49. The molecular weight excluding hydrogens is 223 g/mol. The SMILES string of the molecule is CCc1csc2c(Cl)ccc(Cl)c12. The Hall–Kier alpha value is -0.240. The van der Waals surface area contributed by atoms with E-state index in [4.69, 9.17) is 23.2 Å². The van der Waals surface area contributed by atoms with Gasteiger partial charge in [-0.2, -0.15) is 0 Å². The van der Waals surface area contributed by atoms with Crippen molar-refractivity contribution in [3.63, 3.8) is 0 Å². The Morgan fingerprint density at radius 2 is 1.92 bits per heavy atom. The molecule has 2 aromatic rings. The normalized spacial score (nSPS) is 11.0. The van der Waals surface area contributed by atoms with Gasteiger partial charge in [-0.05, 0) is 29.5 Å². The van der Waals surface area contributed by atoms with E-state index in [2.05, 4.69) is 12.3 Å². The largest absolute Gasteiger partial charge is 0.142 e. The fourth-order valence-corrected chi connectivity index (χ4v) is 3.11. The lowest BCUT2D eigenvalue weighted by Crippen LogP contribution is -1.77. The minimum Gasteiger partial charge on any atom is -0.142 e. The molecule has 3 heteroatoms. The van der Waals surface area contributed by atoms with E-state index in [0.717, 1.165) is 26.6 Å². The zero-order valence-corrected chi connectivity index (χ0v) is 9.43. The number of benzene rings is 1. The van der Waals surface area contributed by atoms with Crippen LogP contribution in [0.5, 0.6) is 0 Å². The molecule has 0 spiro atoms. The van der Waals surface area contributed by atoms with Crippen LogP contribution in [-0.2, 0) is 6.42 Å². The highest BCUT2D eigenvalue weighted by Gasteiger charge is 2.08. The molecule has 0 amide bonds. The lowest BCUT2D eigenvalue weighted by atomic mass is 10.1. The third kappa shape index (κ3) is 1.45. The molecule has 0 radical (unpaired) electrons. The van der Waals surface area contributed by atoms with Crippen molar-refractivity contribution in [2.24, 2.45) is 0 Å². The van der Waals surface area contributed by atoms with Gasteiger partial charge in [0, 0.05) is 10.4 Å². The Morgan fingerprint density at radius 3 is 2.62 bits per heavy atom. The molecule has 0 saturated carbocycles. The average molecular weight is 231 g/mol. The van der Waals surface area contributed by atoms with Crippen molar-refractivity contribution in [1.82, 2.24) is 0 Å². The quantitative estimate of drug-likeness (QED) is 0.663. The van der Waals surface area contributed by atoms with Crippen molar-refractivity contribution in [2.45, 2.75) is 13.3 Å². The minimum absolute atomic E-state index is 0.795. The Labute approximate surface area is 91.1 Å². The predicted molar refractivity (Wildman–Crippen MR) is 61.2 cm³/mol. The number of rotatable bonds is 1. The molecule has 0 nitrogen and oxygen atoms in total. The summed E-state index contributed by atoms with van der Waals surface area (Å²) in [6.45, 7) is 2.12. The zero-order chi connectivity index (χ0) is 9.42. The maximum absolute atomic E-state index is 6.10. The van der Waals surface area contributed by atoms with Gasteiger partial charge in [-0.1, -0.05) is 30.1 Å². The maximum atomic E-state index is 6.10. The summed E-state index contributed by atoms with van der Waals surface area (Å²) in [6.07, 6.45) is 1.00. The first kappa shape index (κ1) is 9.32. The standard InChI is InChI=1S/C10H8Cl2S/c1-2-6-5-13-10-8(12)4-3-7(11)9(6)10/h3-5H,2H2,1H3. The molecule has 0 atom stereocenters. The second-order valence-corrected chi connectivity index (χ2v) is 4.54. The van der Waals surface area contributed by atoms with Crippen molar-refractivity contribution >= 4 is 44.6 Å². The van der Waals surface area contributed by atoms with Crippen molar-refractivity contribution in [3.8, 4) is 0 Å². The smallest absolute Gasteiger partial charge is 0.0585 e. The van der Waals surface area contributed by atoms with Crippen LogP contribution in [-0.4, -0.2) is 0 Å². The van der Waals surface area contributed by atoms with Crippen molar-refractivity contribution in [2.75, 3.05) is 0 Å². The van der Waals surface area contributed by atoms with Crippen LogP contribution in [0, 0.1) is 0 Å². The van der Waals surface area contributed by atoms with Crippen LogP contribution >= 0.6 is 34.5 Å². The van der Waals surface area contributed by atoms with E-state index in [1.54, 1.807) is 11.3 Å². The van der Waals surface area contributed by atoms with Gasteiger partial charge in [-0.3, -0.25) is 0 Å². The fourth-order valence-electron chi connectivity index (χ4n) is 1.40. The van der Waals surface area contributed by atoms with E-state index in [0.29, 0.717) is 0 Å². The Kier molecular flexibility index (Phi) is 2.50. The summed E-state index contributed by atoms with van der Waals surface area (Å²) in [4.78, 5) is 0. The molecule has 1 aromatic carbocycles. The molecule has 0 aliphatic carbocycles. The van der Waals surface area contributed by atoms with Crippen molar-refractivity contribution in [3.05, 3.63) is 33.1 Å². The molecule has 0 saturated heterocycles. The molecular formula is C10H8Cl2S. The molecule has 1 aromatic heterocycles. The highest BCUT2D eigenvalue weighted by Crippen LogP contribution is 2.36. The van der Waals surface area contributed by atoms with E-state index >= 15 is 0 Å². The first-order chi connectivity index (χ1) is 6.24. The van der Waals surface area contributed by atoms with Crippen LogP contribution in [0.4, 0.5) is 0 Å². The first-order valence-corrected chi connectivity index (χ1v) is 5.71. The molecule has 0 fully saturated rings. The topological polar surface area (TPSA) is 0 Å². The second-order valence-electron chi connectivity index (χ2n) is 2.85. The van der Waals surface area contributed by atoms with Crippen molar-refractivity contribution in [1.29, 1.82) is 0 Å². The summed E-state index contributed by atoms with van der Waals surface area (Å²) >= 11 is 13.8. The number of aryl methyl sites for hydroxylation is 1. The molecule has 0 aliphatic rings. The van der Waals surface area contributed by atoms with Gasteiger partial charge in [0.05, 0.1) is 9.72 Å². The number of halogens is 2. The van der Waals surface area contributed by atoms with E-state index < -0.39 is 0 Å². The zero-order valence-electron chi connectivity index (χ0n) is 7.10. The van der Waals surface area contributed by atoms with Gasteiger partial charge in [0.2, 0.25) is 0 Å². The molecule has 0 bridgehead atoms. The average Bonchev–Trinajstić information content (AvgIpc) is 2.56. The molecule has 0 unspecified atom stereocenters. The summed E-state index contributed by atoms with van der Waals surface area (Å²) in [5, 5.41) is 4.85. The lowest BCUT2D eigenvalue weighted by molar-refractivity contribution is 1.17. The summed E-state index contributed by atoms with van der Waals surface area (Å²) in [6, 6.07) is 3.71. The number of hydrogen-bond donors (Lipinski definition) is 0. The molecule has 0 N–H and O–H groups in total. The summed E-state index contributed by atoms with van der Waals surface area (Å²) in [5.74, 6) is 0. The van der Waals surface area contributed by atoms with Gasteiger partial charge < -0.3 is 0 Å². The van der Waals surface area contributed by atoms with Crippen molar-refractivity contribution < 1.29 is 0 Å². The van der Waals surface area contributed by atoms with E-state index in [-0.39, 0.29) is 0 Å². The number of fused-ring (bicyclic) bond motifs is 1. The molecule has 68 valence electrons. The van der Waals surface area contributed by atoms with Crippen LogP contribution in [0.2, 0.25) is 10.0 Å². The summed E-state index contributed by atoms with van der Waals surface area (Å²) < 4.78 is 1.10. The van der Waals surface area contributed by atoms with E-state index in [1.807, 2.05) is 12.1 Å². The van der Waals surface area contributed by atoms with Gasteiger partial charge in [0.15, 0.2) is 0 Å². The highest BCUT2D eigenvalue weighted by molar-refractivity contribution is 7.18. The van der Waals surface area contributed by atoms with Crippen LogP contribution in [0.1, 0.15) is 12.5 Å². The molecule has 0 aliphatic heterocycles. The summed E-state index contributed by atoms with van der Waals surface area (Å²) in [7, 11) is 0. The van der Waals surface area contributed by atoms with E-state index in [1.165, 1.54) is 5.56 Å². The third-order valence-electron chi connectivity index (χ3n) is 2.08. The highest BCUT2D eigenvalue weighted by atomic mass is 35.5. The third-order valence-corrected chi connectivity index (χ3v) is 3.88. The maximum Gasteiger partial charge on any atom is 0.0585 e. The van der Waals surface area contributed by atoms with Gasteiger partial charge in [-0.25, -0.2) is 0 Å². The molecule has 13 heavy (non-hydrogen) atoms. The van der Waals surface area contributed by atoms with Crippen LogP contribution in [0.15, 0.2) is 17.5 Å². The Bertz CT molecular complexity index is 445. The Morgan fingerprint density at radius 1 is 1.23 bits per heavy atom. The molecule has 1 heterocycles. The number of thiophene rings is 1. The lowest BCUT2D eigenvalue weighted by Gasteiger charge is -1.98. The molecule has 2 rings (SSSR count). The van der Waals surface area contributed by atoms with Crippen LogP contribution in [0.25, 0.3) is 10.1 Å². The first-order valence-electron chi connectivity index (χ1n) is 4.08. The van der Waals surface area contributed by atoms with Gasteiger partial charge in [0.1, 0.15) is 0 Å². The van der Waals surface area contributed by atoms with Crippen LogP contribution < -0.4 is 0 Å². The fraction of sp³-hybridized carbons (Fsp3) is 0.200. The summed E-state index contributed by atoms with van der Waals surface area (Å²) in [5.41, 5.74) is 1.28. The minimum atomic E-state index is 0.795. The van der Waals surface area contributed by atoms with Gasteiger partial charge in [-0.15, -0.1) is 11.3 Å². The van der Waals surface area contributed by atoms with Crippen LogP contribution in [0.3, 0.4) is 0 Å². The van der Waals surface area contributed by atoms with Gasteiger partial charge >= 0.3 is 0 Å². The monoisotopic (exact) mass is 230 g/mol. The van der Waals surface area contributed by atoms with E-state index in [9.17, 15) is 0 Å². The van der Waals surface area contributed by atoms with Gasteiger partial charge in [0.25, 0.3) is 0 Å². The predicted octanol–water partition coefficient (Wildman–Crippen LogP) is 4.77. The Balaban J connectivity index is 2.87.